The van der Waals surface area contributed by atoms with Gasteiger partial charge in [-0.05, 0) is 61.7 Å². The van der Waals surface area contributed by atoms with Gasteiger partial charge >= 0.3 is 0 Å². The van der Waals surface area contributed by atoms with E-state index >= 15 is 0 Å². The summed E-state index contributed by atoms with van der Waals surface area (Å²) >= 11 is 0. The second-order valence-electron chi connectivity index (χ2n) is 9.26. The van der Waals surface area contributed by atoms with Crippen LogP contribution in [0.5, 0.6) is 0 Å². The lowest BCUT2D eigenvalue weighted by Gasteiger charge is -2.49. The molecule has 0 heterocycles. The maximum absolute atomic E-state index is 12.5. The molecule has 0 aromatic carbocycles. The van der Waals surface area contributed by atoms with Gasteiger partial charge in [-0.15, -0.1) is 0 Å². The number of fused-ring (bicyclic) bond motifs is 4. The second kappa shape index (κ2) is 6.02. The molecule has 0 amide bonds. The zero-order valence-corrected chi connectivity index (χ0v) is 16.1. The third kappa shape index (κ3) is 2.43. The first kappa shape index (κ1) is 17.9. The van der Waals surface area contributed by atoms with Gasteiger partial charge in [0.05, 0.1) is 6.10 Å². The molecule has 0 spiro atoms. The van der Waals surface area contributed by atoms with Gasteiger partial charge in [-0.3, -0.25) is 9.59 Å². The Hall–Kier alpha value is -1.48. The summed E-state index contributed by atoms with van der Waals surface area (Å²) in [6.45, 7) is 6.32. The molecule has 2 fully saturated rings. The first-order valence-corrected chi connectivity index (χ1v) is 10.2. The van der Waals surface area contributed by atoms with Crippen molar-refractivity contribution in [3.8, 4) is 0 Å². The van der Waals surface area contributed by atoms with E-state index in [2.05, 4.69) is 19.9 Å². The van der Waals surface area contributed by atoms with Crippen molar-refractivity contribution in [1.82, 2.24) is 0 Å². The number of carbonyl (C=O) groups excluding carboxylic acids is 2. The molecule has 4 aliphatic carbocycles. The predicted octanol–water partition coefficient (Wildman–Crippen LogP) is 4.17. The van der Waals surface area contributed by atoms with Crippen molar-refractivity contribution in [2.24, 2.45) is 28.6 Å². The van der Waals surface area contributed by atoms with Crippen LogP contribution in [0.1, 0.15) is 59.3 Å². The molecule has 0 aromatic heterocycles. The first-order valence-electron chi connectivity index (χ1n) is 10.2. The van der Waals surface area contributed by atoms with Crippen LogP contribution in [0.4, 0.5) is 0 Å². The number of hydrogen-bond acceptors (Lipinski definition) is 3. The number of hydrogen-bond donors (Lipinski definition) is 1. The molecule has 0 bridgehead atoms. The smallest absolute Gasteiger partial charge is 0.178 e. The molecule has 0 aromatic rings. The van der Waals surface area contributed by atoms with Crippen LogP contribution in [0.15, 0.2) is 35.5 Å². The Labute approximate surface area is 156 Å². The number of carbonyl (C=O) groups is 2. The highest BCUT2D eigenvalue weighted by atomic mass is 16.3. The van der Waals surface area contributed by atoms with Crippen LogP contribution in [0, 0.1) is 28.6 Å². The number of aliphatic hydroxyl groups excluding tert-OH is 1. The fraction of sp³-hybridized carbons (Fsp3) is 0.652. The summed E-state index contributed by atoms with van der Waals surface area (Å²) in [5.74, 6) is 1.33. The van der Waals surface area contributed by atoms with Gasteiger partial charge in [0.1, 0.15) is 0 Å². The third-order valence-electron chi connectivity index (χ3n) is 7.97. The SMILES string of the molecule is CCC(=O)C1=CCC2CC3CCC4=CC(=O)C=CC4(C)C3C(O)CC12C. The molecule has 4 aliphatic rings. The molecule has 140 valence electrons. The van der Waals surface area contributed by atoms with Crippen LogP contribution in [0.3, 0.4) is 0 Å². The fourth-order valence-corrected chi connectivity index (χ4v) is 6.55. The summed E-state index contributed by atoms with van der Waals surface area (Å²) in [6.07, 6.45) is 12.4. The zero-order valence-electron chi connectivity index (χ0n) is 16.1. The van der Waals surface area contributed by atoms with Crippen molar-refractivity contribution in [2.45, 2.75) is 65.4 Å². The van der Waals surface area contributed by atoms with E-state index in [9.17, 15) is 14.7 Å². The zero-order chi connectivity index (χ0) is 18.7. The first-order chi connectivity index (χ1) is 12.3. The average Bonchev–Trinajstić information content (AvgIpc) is 2.84. The van der Waals surface area contributed by atoms with Crippen molar-refractivity contribution in [3.05, 3.63) is 35.5 Å². The van der Waals surface area contributed by atoms with Gasteiger partial charge in [0.25, 0.3) is 0 Å². The molecule has 6 unspecified atom stereocenters. The van der Waals surface area contributed by atoms with Crippen LogP contribution in [0.25, 0.3) is 0 Å². The normalized spacial score (nSPS) is 44.4. The molecular formula is C23H30O3. The van der Waals surface area contributed by atoms with Gasteiger partial charge in [-0.1, -0.05) is 38.5 Å². The Balaban J connectivity index is 1.71. The maximum atomic E-state index is 12.5. The molecule has 0 radical (unpaired) electrons. The van der Waals surface area contributed by atoms with E-state index in [0.29, 0.717) is 24.7 Å². The Bertz CT molecular complexity index is 743. The largest absolute Gasteiger partial charge is 0.393 e. The maximum Gasteiger partial charge on any atom is 0.178 e. The number of allylic oxidation sites excluding steroid dienone is 6. The van der Waals surface area contributed by atoms with Gasteiger partial charge in [0, 0.05) is 23.2 Å². The molecule has 2 saturated carbocycles. The summed E-state index contributed by atoms with van der Waals surface area (Å²) < 4.78 is 0. The second-order valence-corrected chi connectivity index (χ2v) is 9.26. The lowest BCUT2D eigenvalue weighted by molar-refractivity contribution is -0.116. The van der Waals surface area contributed by atoms with E-state index in [-0.39, 0.29) is 28.3 Å². The molecule has 0 saturated heterocycles. The van der Waals surface area contributed by atoms with Crippen molar-refractivity contribution in [1.29, 1.82) is 0 Å². The number of ketones is 2. The topological polar surface area (TPSA) is 54.4 Å². The molecule has 3 heteroatoms. The predicted molar refractivity (Wildman–Crippen MR) is 101 cm³/mol. The number of aliphatic hydroxyl groups is 1. The Morgan fingerprint density at radius 1 is 1.35 bits per heavy atom. The minimum absolute atomic E-state index is 0.0710. The van der Waals surface area contributed by atoms with Crippen LogP contribution in [0.2, 0.25) is 0 Å². The van der Waals surface area contributed by atoms with Crippen molar-refractivity contribution in [3.63, 3.8) is 0 Å². The molecule has 0 aliphatic heterocycles. The van der Waals surface area contributed by atoms with Crippen molar-refractivity contribution in [2.75, 3.05) is 0 Å². The average molecular weight is 354 g/mol. The molecule has 3 nitrogen and oxygen atoms in total. The van der Waals surface area contributed by atoms with Gasteiger partial charge in [-0.2, -0.15) is 0 Å². The molecule has 4 rings (SSSR count). The Morgan fingerprint density at radius 3 is 2.85 bits per heavy atom. The Morgan fingerprint density at radius 2 is 2.12 bits per heavy atom. The quantitative estimate of drug-likeness (QED) is 0.810. The van der Waals surface area contributed by atoms with Crippen molar-refractivity contribution < 1.29 is 14.7 Å². The van der Waals surface area contributed by atoms with E-state index in [1.54, 1.807) is 12.2 Å². The van der Waals surface area contributed by atoms with Gasteiger partial charge < -0.3 is 5.11 Å². The monoisotopic (exact) mass is 354 g/mol. The highest BCUT2D eigenvalue weighted by molar-refractivity contribution is 6.01. The fourth-order valence-electron chi connectivity index (χ4n) is 6.55. The standard InChI is InChI=1S/C23H30O3/c1-4-19(25)18-8-7-15-11-14-5-6-16-12-17(24)9-10-22(16,2)21(14)20(26)13-23(15,18)3/h8-10,12,14-15,20-21,26H,4-7,11,13H2,1-3H3. The van der Waals surface area contributed by atoms with Gasteiger partial charge in [0.15, 0.2) is 11.6 Å². The molecular weight excluding hydrogens is 324 g/mol. The minimum atomic E-state index is -0.451. The van der Waals surface area contributed by atoms with Crippen LogP contribution in [-0.4, -0.2) is 22.8 Å². The number of Topliss-reactive ketones (excluding diaryl/α,β-unsaturated/α-hetero) is 1. The van der Waals surface area contributed by atoms with Crippen LogP contribution < -0.4 is 0 Å². The summed E-state index contributed by atoms with van der Waals surface area (Å²) in [4.78, 5) is 24.4. The van der Waals surface area contributed by atoms with E-state index < -0.39 is 6.10 Å². The van der Waals surface area contributed by atoms with E-state index in [1.807, 2.05) is 13.0 Å². The molecule has 1 N–H and O–H groups in total. The summed E-state index contributed by atoms with van der Waals surface area (Å²) in [6, 6.07) is 0. The minimum Gasteiger partial charge on any atom is -0.393 e. The van der Waals surface area contributed by atoms with Gasteiger partial charge in [0.2, 0.25) is 0 Å². The highest BCUT2D eigenvalue weighted by Crippen LogP contribution is 2.61. The summed E-state index contributed by atoms with van der Waals surface area (Å²) in [7, 11) is 0. The summed E-state index contributed by atoms with van der Waals surface area (Å²) in [5, 5.41) is 11.4. The van der Waals surface area contributed by atoms with Crippen LogP contribution >= 0.6 is 0 Å². The number of rotatable bonds is 2. The van der Waals surface area contributed by atoms with E-state index in [1.165, 1.54) is 5.57 Å². The van der Waals surface area contributed by atoms with E-state index in [4.69, 9.17) is 0 Å². The lowest BCUT2D eigenvalue weighted by atomic mass is 9.56. The Kier molecular flexibility index (Phi) is 4.15. The van der Waals surface area contributed by atoms with Gasteiger partial charge in [-0.25, -0.2) is 0 Å². The molecule has 6 atom stereocenters. The lowest BCUT2D eigenvalue weighted by Crippen LogP contribution is -2.45. The van der Waals surface area contributed by atoms with E-state index in [0.717, 1.165) is 31.3 Å². The molecule has 26 heavy (non-hydrogen) atoms. The van der Waals surface area contributed by atoms with Crippen LogP contribution in [-0.2, 0) is 9.59 Å². The highest BCUT2D eigenvalue weighted by Gasteiger charge is 2.55. The summed E-state index contributed by atoms with van der Waals surface area (Å²) in [5.41, 5.74) is 1.70. The third-order valence-corrected chi connectivity index (χ3v) is 7.97. The van der Waals surface area contributed by atoms with Crippen molar-refractivity contribution >= 4 is 11.6 Å².